The first-order chi connectivity index (χ1) is 8.09. The van der Waals surface area contributed by atoms with Crippen molar-refractivity contribution in [2.75, 3.05) is 0 Å². The minimum atomic E-state index is -0.485. The van der Waals surface area contributed by atoms with Gasteiger partial charge in [-0.05, 0) is 41.3 Å². The lowest BCUT2D eigenvalue weighted by atomic mass is 10.2. The summed E-state index contributed by atoms with van der Waals surface area (Å²) in [7, 11) is 0. The van der Waals surface area contributed by atoms with E-state index in [9.17, 15) is 15.2 Å². The Balaban J connectivity index is 2.21. The van der Waals surface area contributed by atoms with E-state index in [0.29, 0.717) is 10.2 Å². The highest BCUT2D eigenvalue weighted by molar-refractivity contribution is 9.10. The van der Waals surface area contributed by atoms with Gasteiger partial charge in [-0.3, -0.25) is 10.1 Å². The summed E-state index contributed by atoms with van der Waals surface area (Å²) in [6.45, 7) is 0. The van der Waals surface area contributed by atoms with Crippen molar-refractivity contribution < 1.29 is 14.8 Å². The summed E-state index contributed by atoms with van der Waals surface area (Å²) >= 11 is 3.16. The predicted molar refractivity (Wildman–Crippen MR) is 65.1 cm³/mol. The van der Waals surface area contributed by atoms with Crippen LogP contribution in [0.15, 0.2) is 22.7 Å². The van der Waals surface area contributed by atoms with Gasteiger partial charge in [0.25, 0.3) is 5.69 Å². The van der Waals surface area contributed by atoms with Gasteiger partial charge in [0, 0.05) is 6.07 Å². The van der Waals surface area contributed by atoms with Crippen molar-refractivity contribution in [2.45, 2.75) is 31.5 Å². The minimum Gasteiger partial charge on any atom is -0.486 e. The van der Waals surface area contributed by atoms with Gasteiger partial charge < -0.3 is 9.84 Å². The van der Waals surface area contributed by atoms with Crippen LogP contribution in [-0.2, 0) is 0 Å². The molecule has 1 aliphatic carbocycles. The number of benzene rings is 1. The van der Waals surface area contributed by atoms with Crippen molar-refractivity contribution in [1.82, 2.24) is 0 Å². The summed E-state index contributed by atoms with van der Waals surface area (Å²) in [5.74, 6) is 0.408. The molecule has 1 saturated carbocycles. The molecule has 0 amide bonds. The Morgan fingerprint density at radius 3 is 2.82 bits per heavy atom. The SMILES string of the molecule is O=[N+]([O-])c1cccc(OC2CCCC2O)c1Br. The van der Waals surface area contributed by atoms with E-state index in [1.165, 1.54) is 6.07 Å². The third kappa shape index (κ3) is 2.58. The zero-order chi connectivity index (χ0) is 12.4. The zero-order valence-electron chi connectivity index (χ0n) is 9.01. The van der Waals surface area contributed by atoms with Crippen molar-refractivity contribution in [2.24, 2.45) is 0 Å². The lowest BCUT2D eigenvalue weighted by molar-refractivity contribution is -0.385. The second-order valence-corrected chi connectivity index (χ2v) is 4.79. The summed E-state index contributed by atoms with van der Waals surface area (Å²) in [5.41, 5.74) is -0.0324. The third-order valence-electron chi connectivity index (χ3n) is 2.84. The summed E-state index contributed by atoms with van der Waals surface area (Å²) in [6.07, 6.45) is 1.65. The molecule has 2 unspecified atom stereocenters. The molecule has 0 bridgehead atoms. The van der Waals surface area contributed by atoms with Gasteiger partial charge in [0.2, 0.25) is 0 Å². The zero-order valence-corrected chi connectivity index (χ0v) is 10.6. The highest BCUT2D eigenvalue weighted by Crippen LogP contribution is 2.36. The molecule has 2 rings (SSSR count). The summed E-state index contributed by atoms with van der Waals surface area (Å²) < 4.78 is 5.93. The molecule has 0 heterocycles. The van der Waals surface area contributed by atoms with Crippen molar-refractivity contribution in [3.05, 3.63) is 32.8 Å². The van der Waals surface area contributed by atoms with Crippen molar-refractivity contribution in [3.8, 4) is 5.75 Å². The standard InChI is InChI=1S/C11H12BrNO4/c12-11-7(13(15)16)3-1-6-10(11)17-9-5-2-4-8(9)14/h1,3,6,8-9,14H,2,4-5H2. The van der Waals surface area contributed by atoms with Gasteiger partial charge in [-0.1, -0.05) is 6.07 Å². The molecule has 92 valence electrons. The molecule has 5 nitrogen and oxygen atoms in total. The number of hydrogen-bond donors (Lipinski definition) is 1. The van der Waals surface area contributed by atoms with Crippen LogP contribution >= 0.6 is 15.9 Å². The molecule has 1 aromatic rings. The summed E-state index contributed by atoms with van der Waals surface area (Å²) in [4.78, 5) is 10.3. The van der Waals surface area contributed by atoms with Crippen molar-refractivity contribution in [3.63, 3.8) is 0 Å². The lowest BCUT2D eigenvalue weighted by Crippen LogP contribution is -2.25. The first kappa shape index (κ1) is 12.3. The molecule has 1 fully saturated rings. The molecule has 0 saturated heterocycles. The van der Waals surface area contributed by atoms with Gasteiger partial charge in [-0.25, -0.2) is 0 Å². The van der Waals surface area contributed by atoms with Crippen LogP contribution in [-0.4, -0.2) is 22.2 Å². The number of nitrogens with zero attached hydrogens (tertiary/aromatic N) is 1. The smallest absolute Gasteiger partial charge is 0.287 e. The number of hydrogen-bond acceptors (Lipinski definition) is 4. The molecule has 0 radical (unpaired) electrons. The van der Waals surface area contributed by atoms with E-state index in [0.717, 1.165) is 19.3 Å². The molecule has 1 aromatic carbocycles. The number of nitro groups is 1. The molecule has 6 heteroatoms. The first-order valence-corrected chi connectivity index (χ1v) is 6.16. The maximum Gasteiger partial charge on any atom is 0.287 e. The predicted octanol–water partition coefficient (Wildman–Crippen LogP) is 2.65. The topological polar surface area (TPSA) is 72.6 Å². The minimum absolute atomic E-state index is 0.0324. The van der Waals surface area contributed by atoms with E-state index in [1.807, 2.05) is 0 Å². The van der Waals surface area contributed by atoms with Crippen LogP contribution in [0.3, 0.4) is 0 Å². The fourth-order valence-electron chi connectivity index (χ4n) is 1.94. The molecule has 1 aliphatic rings. The second-order valence-electron chi connectivity index (χ2n) is 4.00. The Bertz CT molecular complexity index is 437. The van der Waals surface area contributed by atoms with E-state index in [1.54, 1.807) is 12.1 Å². The van der Waals surface area contributed by atoms with Gasteiger partial charge in [-0.2, -0.15) is 0 Å². The maximum atomic E-state index is 10.7. The average Bonchev–Trinajstić information content (AvgIpc) is 2.67. The number of ether oxygens (including phenoxy) is 1. The summed E-state index contributed by atoms with van der Waals surface area (Å²) in [6, 6.07) is 4.63. The van der Waals surface area contributed by atoms with Gasteiger partial charge in [-0.15, -0.1) is 0 Å². The van der Waals surface area contributed by atoms with Crippen LogP contribution in [0.4, 0.5) is 5.69 Å². The van der Waals surface area contributed by atoms with E-state index < -0.39 is 11.0 Å². The number of halogens is 1. The Kier molecular flexibility index (Phi) is 3.63. The van der Waals surface area contributed by atoms with E-state index in [-0.39, 0.29) is 11.8 Å². The molecular weight excluding hydrogens is 290 g/mol. The van der Waals surface area contributed by atoms with Gasteiger partial charge in [0.05, 0.1) is 11.0 Å². The van der Waals surface area contributed by atoms with Gasteiger partial charge in [0.1, 0.15) is 16.3 Å². The van der Waals surface area contributed by atoms with Crippen LogP contribution in [0.1, 0.15) is 19.3 Å². The lowest BCUT2D eigenvalue weighted by Gasteiger charge is -2.17. The third-order valence-corrected chi connectivity index (χ3v) is 3.63. The second kappa shape index (κ2) is 5.01. The molecule has 0 aromatic heterocycles. The quantitative estimate of drug-likeness (QED) is 0.688. The molecule has 1 N–H and O–H groups in total. The van der Waals surface area contributed by atoms with Crippen LogP contribution in [0.25, 0.3) is 0 Å². The average molecular weight is 302 g/mol. The Morgan fingerprint density at radius 1 is 1.47 bits per heavy atom. The Labute approximate surface area is 107 Å². The van der Waals surface area contributed by atoms with Gasteiger partial charge in [0.15, 0.2) is 0 Å². The van der Waals surface area contributed by atoms with Crippen LogP contribution < -0.4 is 4.74 Å². The van der Waals surface area contributed by atoms with Crippen LogP contribution in [0.2, 0.25) is 0 Å². The van der Waals surface area contributed by atoms with Crippen molar-refractivity contribution >= 4 is 21.6 Å². The normalized spacial score (nSPS) is 23.6. The molecule has 0 aliphatic heterocycles. The highest BCUT2D eigenvalue weighted by Gasteiger charge is 2.28. The molecule has 17 heavy (non-hydrogen) atoms. The number of aliphatic hydroxyl groups is 1. The molecule has 0 spiro atoms. The van der Waals surface area contributed by atoms with E-state index in [4.69, 9.17) is 4.74 Å². The number of nitro benzene ring substituents is 1. The van der Waals surface area contributed by atoms with E-state index in [2.05, 4.69) is 15.9 Å². The Hall–Kier alpha value is -1.14. The largest absolute Gasteiger partial charge is 0.486 e. The Morgan fingerprint density at radius 2 is 2.24 bits per heavy atom. The van der Waals surface area contributed by atoms with Crippen molar-refractivity contribution in [1.29, 1.82) is 0 Å². The monoisotopic (exact) mass is 301 g/mol. The fourth-order valence-corrected chi connectivity index (χ4v) is 2.44. The number of aliphatic hydroxyl groups excluding tert-OH is 1. The first-order valence-electron chi connectivity index (χ1n) is 5.37. The van der Waals surface area contributed by atoms with Crippen LogP contribution in [0.5, 0.6) is 5.75 Å². The summed E-state index contributed by atoms with van der Waals surface area (Å²) in [5, 5.41) is 20.4. The fraction of sp³-hybridized carbons (Fsp3) is 0.455. The van der Waals surface area contributed by atoms with Crippen LogP contribution in [0, 0.1) is 10.1 Å². The maximum absolute atomic E-state index is 10.7. The highest BCUT2D eigenvalue weighted by atomic mass is 79.9. The van der Waals surface area contributed by atoms with Gasteiger partial charge >= 0.3 is 0 Å². The molecule has 2 atom stereocenters. The molecular formula is C11H12BrNO4. The van der Waals surface area contributed by atoms with E-state index >= 15 is 0 Å². The number of rotatable bonds is 3.